The van der Waals surface area contributed by atoms with E-state index in [0.29, 0.717) is 11.3 Å². The van der Waals surface area contributed by atoms with Gasteiger partial charge in [-0.25, -0.2) is 0 Å². The van der Waals surface area contributed by atoms with Crippen molar-refractivity contribution in [1.82, 2.24) is 5.32 Å². The van der Waals surface area contributed by atoms with Crippen LogP contribution < -0.4 is 10.2 Å². The van der Waals surface area contributed by atoms with E-state index >= 15 is 0 Å². The predicted octanol–water partition coefficient (Wildman–Crippen LogP) is 3.89. The molecule has 0 aliphatic heterocycles. The molecule has 1 unspecified atom stereocenters. The molecule has 2 amide bonds. The molecule has 5 heteroatoms. The lowest BCUT2D eigenvalue weighted by Crippen LogP contribution is -2.46. The van der Waals surface area contributed by atoms with Crippen molar-refractivity contribution in [3.63, 3.8) is 0 Å². The number of terminal acetylenes is 2. The molecule has 1 aliphatic carbocycles. The highest BCUT2D eigenvalue weighted by Crippen LogP contribution is 2.32. The second-order valence-corrected chi connectivity index (χ2v) is 7.75. The van der Waals surface area contributed by atoms with Crippen LogP contribution in [0.3, 0.4) is 0 Å². The zero-order chi connectivity index (χ0) is 19.9. The quantitative estimate of drug-likeness (QED) is 0.788. The number of amides is 2. The lowest BCUT2D eigenvalue weighted by Gasteiger charge is -2.31. The highest BCUT2D eigenvalue weighted by Gasteiger charge is 2.34. The molecule has 2 aromatic rings. The second kappa shape index (κ2) is 9.26. The maximum Gasteiger partial charge on any atom is 0.303 e. The van der Waals surface area contributed by atoms with E-state index < -0.39 is 11.9 Å². The van der Waals surface area contributed by atoms with Crippen LogP contribution in [0.15, 0.2) is 41.8 Å². The van der Waals surface area contributed by atoms with Crippen LogP contribution in [-0.2, 0) is 9.59 Å². The fourth-order valence-electron chi connectivity index (χ4n) is 3.55. The average Bonchev–Trinajstić information content (AvgIpc) is 3.26. The summed E-state index contributed by atoms with van der Waals surface area (Å²) in [6.07, 6.45) is 16.3. The Hall–Kier alpha value is -3.02. The third kappa shape index (κ3) is 4.44. The van der Waals surface area contributed by atoms with E-state index in [4.69, 9.17) is 12.8 Å². The zero-order valence-corrected chi connectivity index (χ0v) is 16.4. The highest BCUT2D eigenvalue weighted by molar-refractivity contribution is 7.10. The van der Waals surface area contributed by atoms with Crippen LogP contribution >= 0.6 is 11.3 Å². The molecule has 0 saturated heterocycles. The monoisotopic (exact) mass is 390 g/mol. The summed E-state index contributed by atoms with van der Waals surface area (Å²) in [6.45, 7) is 0. The zero-order valence-electron chi connectivity index (χ0n) is 15.6. The van der Waals surface area contributed by atoms with Crippen LogP contribution in [0.25, 0.3) is 0 Å². The number of anilines is 1. The summed E-state index contributed by atoms with van der Waals surface area (Å²) in [7, 11) is 0. The first-order valence-electron chi connectivity index (χ1n) is 9.34. The Balaban J connectivity index is 2.00. The first-order valence-corrected chi connectivity index (χ1v) is 10.2. The number of rotatable bonds is 5. The summed E-state index contributed by atoms with van der Waals surface area (Å²) in [5.74, 6) is 3.93. The Kier molecular flexibility index (Phi) is 6.53. The van der Waals surface area contributed by atoms with Gasteiger partial charge < -0.3 is 5.32 Å². The minimum absolute atomic E-state index is 0.128. The van der Waals surface area contributed by atoms with E-state index in [1.165, 1.54) is 22.7 Å². The first-order chi connectivity index (χ1) is 13.6. The topological polar surface area (TPSA) is 49.4 Å². The van der Waals surface area contributed by atoms with Crippen LogP contribution in [0.5, 0.6) is 0 Å². The van der Waals surface area contributed by atoms with Gasteiger partial charge in [0.25, 0.3) is 0 Å². The Morgan fingerprint density at radius 2 is 1.93 bits per heavy atom. The van der Waals surface area contributed by atoms with E-state index in [1.54, 1.807) is 24.3 Å². The molecule has 1 aliphatic rings. The van der Waals surface area contributed by atoms with Gasteiger partial charge in [-0.3, -0.25) is 14.5 Å². The molecule has 142 valence electrons. The molecule has 0 radical (unpaired) electrons. The molecule has 1 N–H and O–H groups in total. The van der Waals surface area contributed by atoms with Gasteiger partial charge in [-0.1, -0.05) is 37.3 Å². The maximum absolute atomic E-state index is 13.3. The van der Waals surface area contributed by atoms with Gasteiger partial charge in [-0.05, 0) is 48.4 Å². The molecule has 1 aromatic heterocycles. The van der Waals surface area contributed by atoms with Gasteiger partial charge in [0.05, 0.1) is 0 Å². The number of thiophene rings is 1. The Labute approximate surface area is 169 Å². The van der Waals surface area contributed by atoms with Crippen molar-refractivity contribution in [2.75, 3.05) is 4.90 Å². The number of carbonyl (C=O) groups excluding carboxylic acids is 2. The molecule has 28 heavy (non-hydrogen) atoms. The molecule has 1 atom stereocenters. The molecule has 1 saturated carbocycles. The van der Waals surface area contributed by atoms with Crippen molar-refractivity contribution in [3.8, 4) is 24.7 Å². The summed E-state index contributed by atoms with van der Waals surface area (Å²) in [4.78, 5) is 28.1. The molecule has 1 aromatic carbocycles. The van der Waals surface area contributed by atoms with Crippen molar-refractivity contribution in [2.45, 2.75) is 44.2 Å². The summed E-state index contributed by atoms with van der Waals surface area (Å²) < 4.78 is 0. The highest BCUT2D eigenvalue weighted by atomic mass is 32.1. The number of nitrogens with one attached hydrogen (secondary N) is 1. The molecule has 0 spiro atoms. The molecule has 0 bridgehead atoms. The van der Waals surface area contributed by atoms with E-state index in [1.807, 2.05) is 17.5 Å². The lowest BCUT2D eigenvalue weighted by atomic mass is 9.95. The standard InChI is InChI=1S/C23H22N2O2S/c1-3-17-10-8-13-19(16-17)25(21(26)4-2)22(20-14-9-15-28-20)23(27)24-18-11-6-5-7-12-18/h1-2,8-10,13-16,18,22H,5-7,11-12H2,(H,24,27). The van der Waals surface area contributed by atoms with Crippen LogP contribution in [0.1, 0.15) is 48.6 Å². The fraction of sp³-hybridized carbons (Fsp3) is 0.304. The van der Waals surface area contributed by atoms with Crippen LogP contribution in [-0.4, -0.2) is 17.9 Å². The minimum atomic E-state index is -0.835. The Bertz CT molecular complexity index is 915. The number of carbonyl (C=O) groups is 2. The summed E-state index contributed by atoms with van der Waals surface area (Å²) in [5.41, 5.74) is 1.13. The second-order valence-electron chi connectivity index (χ2n) is 6.78. The van der Waals surface area contributed by atoms with Crippen molar-refractivity contribution in [2.24, 2.45) is 0 Å². The van der Waals surface area contributed by atoms with E-state index in [-0.39, 0.29) is 11.9 Å². The van der Waals surface area contributed by atoms with Crippen LogP contribution in [0.4, 0.5) is 5.69 Å². The molecule has 3 rings (SSSR count). The molecule has 1 fully saturated rings. The van der Waals surface area contributed by atoms with Crippen molar-refractivity contribution >= 4 is 28.8 Å². The number of benzene rings is 1. The minimum Gasteiger partial charge on any atom is -0.351 e. The summed E-state index contributed by atoms with van der Waals surface area (Å²) in [5, 5.41) is 5.01. The maximum atomic E-state index is 13.3. The third-order valence-electron chi connectivity index (χ3n) is 4.90. The van der Waals surface area contributed by atoms with Gasteiger partial charge in [0.2, 0.25) is 5.91 Å². The average molecular weight is 391 g/mol. The Morgan fingerprint density at radius 1 is 1.14 bits per heavy atom. The largest absolute Gasteiger partial charge is 0.351 e. The van der Waals surface area contributed by atoms with Gasteiger partial charge in [0.1, 0.15) is 0 Å². The molecule has 1 heterocycles. The number of nitrogens with zero attached hydrogens (tertiary/aromatic N) is 1. The van der Waals surface area contributed by atoms with Crippen molar-refractivity contribution in [1.29, 1.82) is 0 Å². The number of hydrogen-bond donors (Lipinski definition) is 1. The van der Waals surface area contributed by atoms with Crippen molar-refractivity contribution < 1.29 is 9.59 Å². The summed E-state index contributed by atoms with van der Waals surface area (Å²) in [6, 6.07) is 9.96. The van der Waals surface area contributed by atoms with E-state index in [0.717, 1.165) is 30.6 Å². The lowest BCUT2D eigenvalue weighted by molar-refractivity contribution is -0.125. The SMILES string of the molecule is C#CC(=O)N(c1cccc(C#C)c1)C(C(=O)NC1CCCCC1)c1cccs1. The molecular weight excluding hydrogens is 368 g/mol. The smallest absolute Gasteiger partial charge is 0.303 e. The normalized spacial score (nSPS) is 15.1. The van der Waals surface area contributed by atoms with E-state index in [2.05, 4.69) is 17.2 Å². The predicted molar refractivity (Wildman–Crippen MR) is 113 cm³/mol. The van der Waals surface area contributed by atoms with Crippen LogP contribution in [0, 0.1) is 24.7 Å². The van der Waals surface area contributed by atoms with Gasteiger partial charge in [-0.15, -0.1) is 24.2 Å². The van der Waals surface area contributed by atoms with Gasteiger partial charge >= 0.3 is 5.91 Å². The third-order valence-corrected chi connectivity index (χ3v) is 5.83. The summed E-state index contributed by atoms with van der Waals surface area (Å²) >= 11 is 1.42. The number of hydrogen-bond acceptors (Lipinski definition) is 3. The molecule has 4 nitrogen and oxygen atoms in total. The van der Waals surface area contributed by atoms with Gasteiger partial charge in [0, 0.05) is 22.2 Å². The van der Waals surface area contributed by atoms with Crippen LogP contribution in [0.2, 0.25) is 0 Å². The van der Waals surface area contributed by atoms with E-state index in [9.17, 15) is 9.59 Å². The van der Waals surface area contributed by atoms with Crippen molar-refractivity contribution in [3.05, 3.63) is 52.2 Å². The molecular formula is C23H22N2O2S. The van der Waals surface area contributed by atoms with Gasteiger partial charge in [-0.2, -0.15) is 0 Å². The fourth-order valence-corrected chi connectivity index (χ4v) is 4.36. The van der Waals surface area contributed by atoms with Gasteiger partial charge in [0.15, 0.2) is 6.04 Å². The Morgan fingerprint density at radius 3 is 2.57 bits per heavy atom. The first kappa shape index (κ1) is 19.7.